The number of hydrogen-bond donors (Lipinski definition) is 2. The van der Waals surface area contributed by atoms with E-state index in [2.05, 4.69) is 72.5 Å². The van der Waals surface area contributed by atoms with Gasteiger partial charge in [0.1, 0.15) is 0 Å². The molecule has 2 N–H and O–H groups in total. The molecule has 7 heteroatoms. The van der Waals surface area contributed by atoms with Crippen LogP contribution < -0.4 is 10.6 Å². The van der Waals surface area contributed by atoms with Gasteiger partial charge in [-0.15, -0.1) is 35.3 Å². The van der Waals surface area contributed by atoms with Gasteiger partial charge in [0.15, 0.2) is 5.96 Å². The Labute approximate surface area is 191 Å². The summed E-state index contributed by atoms with van der Waals surface area (Å²) in [5, 5.41) is 7.90. The highest BCUT2D eigenvalue weighted by molar-refractivity contribution is 14.0. The molecule has 0 saturated carbocycles. The number of benzene rings is 1. The number of aromatic nitrogens is 1. The van der Waals surface area contributed by atoms with Gasteiger partial charge in [0.2, 0.25) is 0 Å². The third-order valence-electron chi connectivity index (χ3n) is 4.36. The maximum atomic E-state index is 4.74. The number of aryl methyl sites for hydroxylation is 1. The minimum atomic E-state index is 0. The quantitative estimate of drug-likeness (QED) is 0.283. The largest absolute Gasteiger partial charge is 0.357 e. The van der Waals surface area contributed by atoms with E-state index in [1.54, 1.807) is 11.3 Å². The van der Waals surface area contributed by atoms with Crippen molar-refractivity contribution < 1.29 is 0 Å². The van der Waals surface area contributed by atoms with Crippen molar-refractivity contribution in [2.45, 2.75) is 47.2 Å². The van der Waals surface area contributed by atoms with Crippen molar-refractivity contribution in [3.63, 3.8) is 0 Å². The molecule has 0 radical (unpaired) electrons. The normalized spacial score (nSPS) is 11.4. The van der Waals surface area contributed by atoms with E-state index in [1.807, 2.05) is 6.20 Å². The molecule has 0 fully saturated rings. The van der Waals surface area contributed by atoms with Gasteiger partial charge in [-0.25, -0.2) is 9.98 Å². The molecule has 0 bridgehead atoms. The van der Waals surface area contributed by atoms with Gasteiger partial charge in [-0.3, -0.25) is 4.90 Å². The lowest BCUT2D eigenvalue weighted by atomic mass is 10.1. The minimum Gasteiger partial charge on any atom is -0.357 e. The van der Waals surface area contributed by atoms with E-state index in [0.29, 0.717) is 6.54 Å². The smallest absolute Gasteiger partial charge is 0.191 e. The van der Waals surface area contributed by atoms with E-state index in [1.165, 1.54) is 21.0 Å². The minimum absolute atomic E-state index is 0. The van der Waals surface area contributed by atoms with E-state index in [-0.39, 0.29) is 24.0 Å². The molecule has 0 aliphatic heterocycles. The molecule has 2 rings (SSSR count). The Bertz CT molecular complexity index is 712. The average Bonchev–Trinajstić information content (AvgIpc) is 3.09. The maximum absolute atomic E-state index is 4.74. The van der Waals surface area contributed by atoms with E-state index >= 15 is 0 Å². The fourth-order valence-corrected chi connectivity index (χ4v) is 3.64. The van der Waals surface area contributed by atoms with Crippen LogP contribution in [0.15, 0.2) is 35.5 Å². The number of hydrogen-bond acceptors (Lipinski definition) is 4. The molecule has 0 aliphatic rings. The summed E-state index contributed by atoms with van der Waals surface area (Å²) in [5.74, 6) is 0.861. The van der Waals surface area contributed by atoms with Crippen molar-refractivity contribution >= 4 is 41.3 Å². The molecule has 156 valence electrons. The van der Waals surface area contributed by atoms with Crippen molar-refractivity contribution in [3.05, 3.63) is 51.5 Å². The zero-order valence-corrected chi connectivity index (χ0v) is 20.6. The molecule has 28 heavy (non-hydrogen) atoms. The van der Waals surface area contributed by atoms with Gasteiger partial charge in [0.05, 0.1) is 11.6 Å². The molecular weight excluding hydrogens is 481 g/mol. The second-order valence-corrected chi connectivity index (χ2v) is 7.84. The number of nitrogens with one attached hydrogen (secondary N) is 2. The highest BCUT2D eigenvalue weighted by atomic mass is 127. The second-order valence-electron chi connectivity index (χ2n) is 6.52. The fourth-order valence-electron chi connectivity index (χ4n) is 2.85. The summed E-state index contributed by atoms with van der Waals surface area (Å²) >= 11 is 1.76. The van der Waals surface area contributed by atoms with Crippen LogP contribution in [0.1, 0.15) is 41.8 Å². The Kier molecular flexibility index (Phi) is 12.3. The van der Waals surface area contributed by atoms with Crippen molar-refractivity contribution in [1.29, 1.82) is 0 Å². The topological polar surface area (TPSA) is 52.6 Å². The lowest BCUT2D eigenvalue weighted by molar-refractivity contribution is 0.296. The van der Waals surface area contributed by atoms with E-state index < -0.39 is 0 Å². The zero-order valence-electron chi connectivity index (χ0n) is 17.5. The first-order valence-corrected chi connectivity index (χ1v) is 10.7. The number of nitrogens with zero attached hydrogens (tertiary/aromatic N) is 3. The molecule has 5 nitrogen and oxygen atoms in total. The summed E-state index contributed by atoms with van der Waals surface area (Å²) in [6.07, 6.45) is 2.85. The molecule has 0 spiro atoms. The Morgan fingerprint density at radius 2 is 1.89 bits per heavy atom. The Morgan fingerprint density at radius 1 is 1.14 bits per heavy atom. The highest BCUT2D eigenvalue weighted by Crippen LogP contribution is 2.11. The first-order valence-electron chi connectivity index (χ1n) is 9.88. The van der Waals surface area contributed by atoms with Crippen molar-refractivity contribution in [2.75, 3.05) is 26.2 Å². The van der Waals surface area contributed by atoms with Gasteiger partial charge in [0.25, 0.3) is 0 Å². The number of aliphatic imine (C=N–C) groups is 1. The molecule has 0 aliphatic carbocycles. The summed E-state index contributed by atoms with van der Waals surface area (Å²) in [5.41, 5.74) is 2.59. The van der Waals surface area contributed by atoms with Crippen molar-refractivity contribution in [1.82, 2.24) is 20.5 Å². The van der Waals surface area contributed by atoms with E-state index in [4.69, 9.17) is 4.99 Å². The fraction of sp³-hybridized carbons (Fsp3) is 0.524. The van der Waals surface area contributed by atoms with Gasteiger partial charge in [-0.2, -0.15) is 0 Å². The molecule has 1 aromatic heterocycles. The van der Waals surface area contributed by atoms with Gasteiger partial charge in [-0.05, 0) is 38.1 Å². The molecular formula is C21H34IN5S. The van der Waals surface area contributed by atoms with Gasteiger partial charge in [0, 0.05) is 37.1 Å². The lowest BCUT2D eigenvalue weighted by Gasteiger charge is -2.18. The third-order valence-corrected chi connectivity index (χ3v) is 5.33. The third kappa shape index (κ3) is 8.87. The molecule has 0 unspecified atom stereocenters. The summed E-state index contributed by atoms with van der Waals surface area (Å²) in [6.45, 7) is 14.1. The zero-order chi connectivity index (χ0) is 19.5. The monoisotopic (exact) mass is 515 g/mol. The van der Waals surface area contributed by atoms with Gasteiger partial charge >= 0.3 is 0 Å². The number of guanidine groups is 1. The summed E-state index contributed by atoms with van der Waals surface area (Å²) in [7, 11) is 0. The van der Waals surface area contributed by atoms with E-state index in [0.717, 1.165) is 45.1 Å². The first kappa shape index (κ1) is 24.8. The predicted molar refractivity (Wildman–Crippen MR) is 132 cm³/mol. The van der Waals surface area contributed by atoms with Crippen molar-refractivity contribution in [3.8, 4) is 0 Å². The standard InChI is InChI=1S/C21H33N5S.HI/c1-5-22-21(23-12-11-20-24-14-17(4)27-20)25-15-18-9-8-10-19(13-18)16-26(6-2)7-3;/h8-10,13-14H,5-7,11-12,15-16H2,1-4H3,(H2,22,23,25);1H. The SMILES string of the molecule is CCNC(=NCc1cccc(CN(CC)CC)c1)NCCc1ncc(C)s1.I. The van der Waals surface area contributed by atoms with Crippen LogP contribution in [0.4, 0.5) is 0 Å². The molecule has 2 aromatic rings. The lowest BCUT2D eigenvalue weighted by Crippen LogP contribution is -2.38. The summed E-state index contributed by atoms with van der Waals surface area (Å²) < 4.78 is 0. The van der Waals surface area contributed by atoms with Crippen LogP contribution in [-0.2, 0) is 19.5 Å². The van der Waals surface area contributed by atoms with Crippen LogP contribution in [0.3, 0.4) is 0 Å². The molecule has 1 aromatic carbocycles. The molecule has 0 atom stereocenters. The average molecular weight is 516 g/mol. The summed E-state index contributed by atoms with van der Waals surface area (Å²) in [6, 6.07) is 8.75. The van der Waals surface area contributed by atoms with Crippen LogP contribution in [0.5, 0.6) is 0 Å². The van der Waals surface area contributed by atoms with Crippen LogP contribution in [0.25, 0.3) is 0 Å². The summed E-state index contributed by atoms with van der Waals surface area (Å²) in [4.78, 5) is 12.8. The highest BCUT2D eigenvalue weighted by Gasteiger charge is 2.03. The Hall–Kier alpha value is -1.19. The molecule has 0 saturated heterocycles. The Balaban J connectivity index is 0.00000392. The Morgan fingerprint density at radius 3 is 2.54 bits per heavy atom. The maximum Gasteiger partial charge on any atom is 0.191 e. The van der Waals surface area contributed by atoms with Crippen LogP contribution >= 0.6 is 35.3 Å². The number of halogens is 1. The van der Waals surface area contributed by atoms with Gasteiger partial charge < -0.3 is 10.6 Å². The number of rotatable bonds is 10. The van der Waals surface area contributed by atoms with E-state index in [9.17, 15) is 0 Å². The van der Waals surface area contributed by atoms with Crippen LogP contribution in [-0.4, -0.2) is 42.0 Å². The van der Waals surface area contributed by atoms with Gasteiger partial charge in [-0.1, -0.05) is 38.1 Å². The van der Waals surface area contributed by atoms with Crippen LogP contribution in [0, 0.1) is 6.92 Å². The van der Waals surface area contributed by atoms with Crippen LogP contribution in [0.2, 0.25) is 0 Å². The predicted octanol–water partition coefficient (Wildman–Crippen LogP) is 4.21. The first-order chi connectivity index (χ1) is 13.1. The van der Waals surface area contributed by atoms with Crippen molar-refractivity contribution in [2.24, 2.45) is 4.99 Å². The molecule has 1 heterocycles. The molecule has 0 amide bonds. The number of thiazole rings is 1. The second kappa shape index (κ2) is 13.9.